The summed E-state index contributed by atoms with van der Waals surface area (Å²) in [4.78, 5) is 12.6. The Bertz CT molecular complexity index is 954. The van der Waals surface area contributed by atoms with Crippen LogP contribution in [0.3, 0.4) is 0 Å². The zero-order chi connectivity index (χ0) is 20.7. The highest BCUT2D eigenvalue weighted by Gasteiger charge is 2.15. The van der Waals surface area contributed by atoms with Crippen molar-refractivity contribution in [2.75, 3.05) is 19.0 Å². The third-order valence-electron chi connectivity index (χ3n) is 3.99. The highest BCUT2D eigenvalue weighted by molar-refractivity contribution is 9.10. The molecule has 2 aromatic carbocycles. The minimum atomic E-state index is -0.470. The predicted molar refractivity (Wildman–Crippen MR) is 115 cm³/mol. The zero-order valence-corrected chi connectivity index (χ0v) is 17.6. The molecule has 0 aromatic heterocycles. The maximum atomic E-state index is 12.6. The lowest BCUT2D eigenvalue weighted by molar-refractivity contribution is -0.112. The summed E-state index contributed by atoms with van der Waals surface area (Å²) < 4.78 is 11.6. The number of methoxy groups -OCH3 is 1. The lowest BCUT2D eigenvalue weighted by atomic mass is 10.1. The molecule has 0 aliphatic heterocycles. The van der Waals surface area contributed by atoms with Crippen LogP contribution in [0.25, 0.3) is 6.08 Å². The number of hydrogen-bond donors (Lipinski definition) is 1. The molecule has 0 saturated heterocycles. The molecule has 28 heavy (non-hydrogen) atoms. The number of anilines is 1. The smallest absolute Gasteiger partial charge is 0.266 e. The molecule has 0 radical (unpaired) electrons. The number of halogens is 1. The van der Waals surface area contributed by atoms with Gasteiger partial charge in [0.15, 0.2) is 11.5 Å². The Hall–Kier alpha value is -3.04. The molecule has 0 saturated carbocycles. The number of para-hydroxylation sites is 1. The Kier molecular flexibility index (Phi) is 7.42. The quantitative estimate of drug-likeness (QED) is 0.365. The molecule has 2 aromatic rings. The number of ether oxygens (including phenoxy) is 2. The summed E-state index contributed by atoms with van der Waals surface area (Å²) in [6, 6.07) is 11.1. The first-order valence-electron chi connectivity index (χ1n) is 8.51. The largest absolute Gasteiger partial charge is 0.493 e. The van der Waals surface area contributed by atoms with Gasteiger partial charge in [-0.25, -0.2) is 0 Å². The number of carbonyl (C=O) groups excluding carboxylic acids is 1. The van der Waals surface area contributed by atoms with Crippen LogP contribution >= 0.6 is 15.9 Å². The van der Waals surface area contributed by atoms with E-state index in [0.717, 1.165) is 11.1 Å². The Morgan fingerprint density at radius 3 is 2.57 bits per heavy atom. The van der Waals surface area contributed by atoms with Crippen molar-refractivity contribution in [1.29, 1.82) is 5.26 Å². The van der Waals surface area contributed by atoms with Gasteiger partial charge in [0.05, 0.1) is 11.6 Å². The van der Waals surface area contributed by atoms with Gasteiger partial charge in [-0.2, -0.15) is 5.26 Å². The van der Waals surface area contributed by atoms with E-state index in [1.54, 1.807) is 18.2 Å². The highest BCUT2D eigenvalue weighted by Crippen LogP contribution is 2.37. The van der Waals surface area contributed by atoms with Gasteiger partial charge in [0, 0.05) is 5.69 Å². The van der Waals surface area contributed by atoms with Gasteiger partial charge in [0.2, 0.25) is 0 Å². The van der Waals surface area contributed by atoms with Crippen LogP contribution in [0, 0.1) is 25.2 Å². The monoisotopic (exact) mass is 440 g/mol. The molecule has 0 unspecified atom stereocenters. The van der Waals surface area contributed by atoms with Crippen LogP contribution < -0.4 is 14.8 Å². The van der Waals surface area contributed by atoms with E-state index in [2.05, 4.69) is 27.8 Å². The summed E-state index contributed by atoms with van der Waals surface area (Å²) >= 11 is 3.44. The molecule has 0 atom stereocenters. The molecule has 0 heterocycles. The van der Waals surface area contributed by atoms with Gasteiger partial charge in [-0.1, -0.05) is 30.9 Å². The fraction of sp³-hybridized carbons (Fsp3) is 0.182. The van der Waals surface area contributed by atoms with E-state index in [1.807, 2.05) is 38.1 Å². The Labute approximate surface area is 173 Å². The molecule has 5 nitrogen and oxygen atoms in total. The topological polar surface area (TPSA) is 71.3 Å². The predicted octanol–water partition coefficient (Wildman–Crippen LogP) is 5.19. The fourth-order valence-electron chi connectivity index (χ4n) is 2.61. The first kappa shape index (κ1) is 21.3. The lowest BCUT2D eigenvalue weighted by Gasteiger charge is -2.13. The summed E-state index contributed by atoms with van der Waals surface area (Å²) in [5.41, 5.74) is 3.18. The van der Waals surface area contributed by atoms with Crippen molar-refractivity contribution < 1.29 is 14.3 Å². The summed E-state index contributed by atoms with van der Waals surface area (Å²) in [5, 5.41) is 12.3. The molecule has 0 bridgehead atoms. The molecular weight excluding hydrogens is 420 g/mol. The van der Waals surface area contributed by atoms with Crippen molar-refractivity contribution in [3.63, 3.8) is 0 Å². The highest BCUT2D eigenvalue weighted by atomic mass is 79.9. The number of aryl methyl sites for hydroxylation is 2. The number of amides is 1. The van der Waals surface area contributed by atoms with Gasteiger partial charge in [-0.05, 0) is 64.7 Å². The van der Waals surface area contributed by atoms with Crippen molar-refractivity contribution >= 4 is 33.6 Å². The molecule has 0 aliphatic rings. The number of benzene rings is 2. The van der Waals surface area contributed by atoms with Crippen LogP contribution in [0.1, 0.15) is 16.7 Å². The Morgan fingerprint density at radius 2 is 2.00 bits per heavy atom. The molecule has 2 rings (SSSR count). The van der Waals surface area contributed by atoms with Gasteiger partial charge in [0.1, 0.15) is 18.2 Å². The molecular formula is C22H21BrN2O3. The van der Waals surface area contributed by atoms with Crippen molar-refractivity contribution in [2.45, 2.75) is 13.8 Å². The van der Waals surface area contributed by atoms with Gasteiger partial charge in [-0.3, -0.25) is 4.79 Å². The summed E-state index contributed by atoms with van der Waals surface area (Å²) in [6.07, 6.45) is 3.14. The second-order valence-corrected chi connectivity index (χ2v) is 6.88. The number of nitrogens with zero attached hydrogens (tertiary/aromatic N) is 1. The van der Waals surface area contributed by atoms with Crippen LogP contribution in [0.4, 0.5) is 5.69 Å². The number of rotatable bonds is 7. The van der Waals surface area contributed by atoms with E-state index in [0.29, 0.717) is 33.8 Å². The second-order valence-electron chi connectivity index (χ2n) is 6.02. The Balaban J connectivity index is 2.36. The van der Waals surface area contributed by atoms with E-state index in [1.165, 1.54) is 13.2 Å². The van der Waals surface area contributed by atoms with E-state index in [4.69, 9.17) is 9.47 Å². The lowest BCUT2D eigenvalue weighted by Crippen LogP contribution is -2.15. The van der Waals surface area contributed by atoms with Crippen molar-refractivity contribution in [2.24, 2.45) is 0 Å². The van der Waals surface area contributed by atoms with Crippen LogP contribution in [0.15, 0.2) is 53.0 Å². The minimum Gasteiger partial charge on any atom is -0.493 e. The molecule has 0 spiro atoms. The van der Waals surface area contributed by atoms with Crippen LogP contribution in [0.2, 0.25) is 0 Å². The number of nitriles is 1. The van der Waals surface area contributed by atoms with E-state index < -0.39 is 5.91 Å². The van der Waals surface area contributed by atoms with Crippen molar-refractivity contribution in [3.05, 3.63) is 69.7 Å². The number of nitrogens with one attached hydrogen (secondary N) is 1. The maximum Gasteiger partial charge on any atom is 0.266 e. The number of hydrogen-bond acceptors (Lipinski definition) is 4. The minimum absolute atomic E-state index is 0.0173. The van der Waals surface area contributed by atoms with Gasteiger partial charge in [0.25, 0.3) is 5.91 Å². The fourth-order valence-corrected chi connectivity index (χ4v) is 3.19. The van der Waals surface area contributed by atoms with Crippen LogP contribution in [-0.4, -0.2) is 19.6 Å². The molecule has 0 aliphatic carbocycles. The first-order chi connectivity index (χ1) is 13.4. The molecule has 0 fully saturated rings. The van der Waals surface area contributed by atoms with Gasteiger partial charge in [-0.15, -0.1) is 0 Å². The number of carbonyl (C=O) groups is 1. The van der Waals surface area contributed by atoms with E-state index >= 15 is 0 Å². The third-order valence-corrected chi connectivity index (χ3v) is 4.58. The van der Waals surface area contributed by atoms with Gasteiger partial charge >= 0.3 is 0 Å². The normalized spacial score (nSPS) is 10.8. The zero-order valence-electron chi connectivity index (χ0n) is 16.0. The van der Waals surface area contributed by atoms with Gasteiger partial charge < -0.3 is 14.8 Å². The average molecular weight is 441 g/mol. The maximum absolute atomic E-state index is 12.6. The average Bonchev–Trinajstić information content (AvgIpc) is 2.67. The second kappa shape index (κ2) is 9.77. The third kappa shape index (κ3) is 5.02. The summed E-state index contributed by atoms with van der Waals surface area (Å²) in [7, 11) is 1.52. The summed E-state index contributed by atoms with van der Waals surface area (Å²) in [5.74, 6) is 0.537. The standard InChI is InChI=1S/C22H21BrN2O3/c1-5-9-28-21-18(23)11-16(12-19(21)27-4)10-17(13-24)22(26)25-20-14(2)7-6-8-15(20)3/h5-8,10-12H,1,9H2,2-4H3,(H,25,26)/b17-10+. The van der Waals surface area contributed by atoms with Crippen LogP contribution in [-0.2, 0) is 4.79 Å². The van der Waals surface area contributed by atoms with Crippen molar-refractivity contribution in [3.8, 4) is 17.6 Å². The summed E-state index contributed by atoms with van der Waals surface area (Å²) in [6.45, 7) is 7.76. The molecule has 1 amide bonds. The SMILES string of the molecule is C=CCOc1c(Br)cc(/C=C(\C#N)C(=O)Nc2c(C)cccc2C)cc1OC. The van der Waals surface area contributed by atoms with E-state index in [9.17, 15) is 10.1 Å². The molecule has 1 N–H and O–H groups in total. The van der Waals surface area contributed by atoms with Crippen LogP contribution in [0.5, 0.6) is 11.5 Å². The Morgan fingerprint density at radius 1 is 1.32 bits per heavy atom. The van der Waals surface area contributed by atoms with Crippen molar-refractivity contribution in [1.82, 2.24) is 0 Å². The van der Waals surface area contributed by atoms with E-state index in [-0.39, 0.29) is 5.57 Å². The molecule has 144 valence electrons. The first-order valence-corrected chi connectivity index (χ1v) is 9.31. The molecule has 6 heteroatoms.